The quantitative estimate of drug-likeness (QED) is 0.537. The molecule has 1 saturated heterocycles. The molecule has 4 aromatic rings. The number of fused-ring (bicyclic) bond motifs is 1. The number of H-pyrrole nitrogens is 1. The summed E-state index contributed by atoms with van der Waals surface area (Å²) in [5.74, 6) is 0.347. The van der Waals surface area contributed by atoms with Gasteiger partial charge in [0.1, 0.15) is 10.7 Å². The summed E-state index contributed by atoms with van der Waals surface area (Å²) in [6, 6.07) is 11.8. The van der Waals surface area contributed by atoms with Crippen molar-refractivity contribution in [3.05, 3.63) is 64.0 Å². The van der Waals surface area contributed by atoms with Crippen molar-refractivity contribution in [1.29, 1.82) is 0 Å². The lowest BCUT2D eigenvalue weighted by Crippen LogP contribution is -2.28. The fraction of sp³-hybridized carbons (Fsp3) is 0.250. The maximum Gasteiger partial charge on any atom is 0.251 e. The van der Waals surface area contributed by atoms with Gasteiger partial charge in [-0.3, -0.25) is 4.79 Å². The number of piperidine rings is 1. The van der Waals surface area contributed by atoms with Crippen LogP contribution in [0.1, 0.15) is 24.5 Å². The number of rotatable bonds is 3. The van der Waals surface area contributed by atoms with E-state index in [1.807, 2.05) is 46.4 Å². The van der Waals surface area contributed by atoms with Crippen LogP contribution in [0.4, 0.5) is 0 Å². The average Bonchev–Trinajstić information content (AvgIpc) is 3.35. The van der Waals surface area contributed by atoms with Crippen molar-refractivity contribution in [1.82, 2.24) is 24.9 Å². The number of halogens is 1. The van der Waals surface area contributed by atoms with Gasteiger partial charge in [0.2, 0.25) is 0 Å². The van der Waals surface area contributed by atoms with Crippen molar-refractivity contribution in [2.24, 2.45) is 0 Å². The molecule has 1 fully saturated rings. The number of hydrogen-bond acceptors (Lipinski definition) is 5. The fourth-order valence-corrected chi connectivity index (χ4v) is 4.56. The van der Waals surface area contributed by atoms with Crippen LogP contribution in [0.2, 0.25) is 0 Å². The summed E-state index contributed by atoms with van der Waals surface area (Å²) in [5.41, 5.74) is 4.52. The molecule has 1 aromatic carbocycles. The number of nitrogens with zero attached hydrogens (tertiary/aromatic N) is 3. The van der Waals surface area contributed by atoms with Crippen molar-refractivity contribution in [2.45, 2.75) is 18.8 Å². The molecule has 0 bridgehead atoms. The van der Waals surface area contributed by atoms with Crippen LogP contribution in [0.3, 0.4) is 0 Å². The molecule has 28 heavy (non-hydrogen) atoms. The van der Waals surface area contributed by atoms with E-state index in [1.165, 1.54) is 0 Å². The summed E-state index contributed by atoms with van der Waals surface area (Å²) in [5, 5.41) is 10.9. The Labute approximate surface area is 172 Å². The molecule has 0 radical (unpaired) electrons. The Kier molecular flexibility index (Phi) is 5.30. The highest BCUT2D eigenvalue weighted by Crippen LogP contribution is 2.32. The van der Waals surface area contributed by atoms with E-state index in [0.29, 0.717) is 5.92 Å². The number of hydrogen-bond donors (Lipinski definition) is 2. The second-order valence-corrected chi connectivity index (χ2v) is 7.66. The average molecular weight is 414 g/mol. The van der Waals surface area contributed by atoms with E-state index in [9.17, 15) is 4.79 Å². The molecule has 0 unspecified atom stereocenters. The minimum Gasteiger partial charge on any atom is -0.317 e. The van der Waals surface area contributed by atoms with Gasteiger partial charge in [-0.1, -0.05) is 30.3 Å². The van der Waals surface area contributed by atoms with Gasteiger partial charge in [-0.05, 0) is 25.9 Å². The number of thiazole rings is 1. The standard InChI is InChI=1S/C20H19N5OS.ClH/c26-18-10-17(14-6-8-21-9-7-14)25-19(24-18)15(11-22-25)20-23-16(12-27-20)13-4-2-1-3-5-13;/h1-5,10-12,14,21H,6-9H2,(H,24,26);1H. The Morgan fingerprint density at radius 2 is 1.93 bits per heavy atom. The largest absolute Gasteiger partial charge is 0.317 e. The maximum atomic E-state index is 12.3. The van der Waals surface area contributed by atoms with Gasteiger partial charge in [0.25, 0.3) is 5.56 Å². The van der Waals surface area contributed by atoms with Crippen LogP contribution in [-0.4, -0.2) is 32.7 Å². The molecule has 3 aromatic heterocycles. The maximum absolute atomic E-state index is 12.3. The topological polar surface area (TPSA) is 75.1 Å². The lowest BCUT2D eigenvalue weighted by atomic mass is 9.94. The van der Waals surface area contributed by atoms with Crippen LogP contribution in [0.25, 0.3) is 27.5 Å². The Morgan fingerprint density at radius 3 is 2.71 bits per heavy atom. The van der Waals surface area contributed by atoms with Gasteiger partial charge >= 0.3 is 0 Å². The molecule has 0 aliphatic carbocycles. The molecule has 5 rings (SSSR count). The normalized spacial score (nSPS) is 14.9. The number of aromatic nitrogens is 4. The highest BCUT2D eigenvalue weighted by atomic mass is 35.5. The Morgan fingerprint density at radius 1 is 1.14 bits per heavy atom. The molecule has 0 spiro atoms. The third kappa shape index (κ3) is 3.37. The van der Waals surface area contributed by atoms with Gasteiger partial charge in [-0.25, -0.2) is 9.50 Å². The van der Waals surface area contributed by atoms with E-state index < -0.39 is 0 Å². The molecule has 8 heteroatoms. The molecule has 4 heterocycles. The van der Waals surface area contributed by atoms with Crippen molar-refractivity contribution < 1.29 is 0 Å². The molecule has 2 N–H and O–H groups in total. The highest BCUT2D eigenvalue weighted by Gasteiger charge is 2.21. The van der Waals surface area contributed by atoms with Crippen LogP contribution in [0.5, 0.6) is 0 Å². The third-order valence-corrected chi connectivity index (χ3v) is 5.97. The van der Waals surface area contributed by atoms with Gasteiger partial charge in [0, 0.05) is 22.9 Å². The van der Waals surface area contributed by atoms with Crippen LogP contribution in [-0.2, 0) is 0 Å². The van der Waals surface area contributed by atoms with Gasteiger partial charge in [-0.15, -0.1) is 23.7 Å². The lowest BCUT2D eigenvalue weighted by molar-refractivity contribution is 0.446. The zero-order chi connectivity index (χ0) is 18.2. The minimum absolute atomic E-state index is 0. The van der Waals surface area contributed by atoms with Crippen molar-refractivity contribution in [3.63, 3.8) is 0 Å². The molecule has 0 saturated carbocycles. The van der Waals surface area contributed by atoms with E-state index in [1.54, 1.807) is 17.4 Å². The lowest BCUT2D eigenvalue weighted by Gasteiger charge is -2.23. The van der Waals surface area contributed by atoms with E-state index in [0.717, 1.165) is 59.1 Å². The molecule has 6 nitrogen and oxygen atoms in total. The summed E-state index contributed by atoms with van der Waals surface area (Å²) < 4.78 is 1.89. The monoisotopic (exact) mass is 413 g/mol. The third-order valence-electron chi connectivity index (χ3n) is 5.10. The first kappa shape index (κ1) is 18.9. The van der Waals surface area contributed by atoms with Crippen LogP contribution in [0.15, 0.2) is 52.8 Å². The first-order chi connectivity index (χ1) is 13.3. The zero-order valence-corrected chi connectivity index (χ0v) is 16.7. The SMILES string of the molecule is Cl.O=c1cc(C2CCNCC2)n2ncc(-c3nc(-c4ccccc4)cs3)c2[nH]1. The van der Waals surface area contributed by atoms with Gasteiger partial charge in [0.15, 0.2) is 0 Å². The van der Waals surface area contributed by atoms with Crippen LogP contribution < -0.4 is 10.9 Å². The fourth-order valence-electron chi connectivity index (χ4n) is 3.72. The first-order valence-corrected chi connectivity index (χ1v) is 10.0. The molecule has 1 aliphatic heterocycles. The summed E-state index contributed by atoms with van der Waals surface area (Å²) in [6.07, 6.45) is 3.84. The van der Waals surface area contributed by atoms with Gasteiger partial charge in [0.05, 0.1) is 23.1 Å². The smallest absolute Gasteiger partial charge is 0.251 e. The number of aromatic amines is 1. The van der Waals surface area contributed by atoms with Gasteiger partial charge < -0.3 is 10.3 Å². The predicted molar refractivity (Wildman–Crippen MR) is 114 cm³/mol. The van der Waals surface area contributed by atoms with E-state index in [4.69, 9.17) is 4.98 Å². The second-order valence-electron chi connectivity index (χ2n) is 6.81. The molecule has 144 valence electrons. The molecular formula is C20H20ClN5OS. The predicted octanol–water partition coefficient (Wildman–Crippen LogP) is 3.70. The first-order valence-electron chi connectivity index (χ1n) is 9.12. The summed E-state index contributed by atoms with van der Waals surface area (Å²) in [6.45, 7) is 1.94. The second kappa shape index (κ2) is 7.87. The summed E-state index contributed by atoms with van der Waals surface area (Å²) in [7, 11) is 0. The zero-order valence-electron chi connectivity index (χ0n) is 15.1. The minimum atomic E-state index is -0.0855. The highest BCUT2D eigenvalue weighted by molar-refractivity contribution is 7.13. The Hall–Kier alpha value is -2.48. The van der Waals surface area contributed by atoms with Crippen LogP contribution >= 0.6 is 23.7 Å². The van der Waals surface area contributed by atoms with E-state index >= 15 is 0 Å². The van der Waals surface area contributed by atoms with Crippen molar-refractivity contribution in [3.8, 4) is 21.8 Å². The van der Waals surface area contributed by atoms with Crippen molar-refractivity contribution in [2.75, 3.05) is 13.1 Å². The summed E-state index contributed by atoms with van der Waals surface area (Å²) in [4.78, 5) is 20.1. The van der Waals surface area contributed by atoms with E-state index in [-0.39, 0.29) is 18.0 Å². The molecule has 0 amide bonds. The molecular weight excluding hydrogens is 394 g/mol. The Balaban J connectivity index is 0.00000192. The van der Waals surface area contributed by atoms with E-state index in [2.05, 4.69) is 15.4 Å². The van der Waals surface area contributed by atoms with Gasteiger partial charge in [-0.2, -0.15) is 5.10 Å². The Bertz CT molecular complexity index is 1140. The number of benzene rings is 1. The molecule has 0 atom stereocenters. The van der Waals surface area contributed by atoms with Crippen LogP contribution in [0, 0.1) is 0 Å². The molecule has 1 aliphatic rings. The summed E-state index contributed by atoms with van der Waals surface area (Å²) >= 11 is 1.57. The van der Waals surface area contributed by atoms with Crippen molar-refractivity contribution >= 4 is 29.4 Å². The number of nitrogens with one attached hydrogen (secondary N) is 2.